The Morgan fingerprint density at radius 1 is 1.29 bits per heavy atom. The molecule has 0 aliphatic heterocycles. The summed E-state index contributed by atoms with van der Waals surface area (Å²) < 4.78 is 2.18. The van der Waals surface area contributed by atoms with Crippen molar-refractivity contribution >= 4 is 17.7 Å². The standard InChI is InChI=1S/C18H23N3O2S/c1-12-7-6-8-14(11-12)16-19-20-18(24-13(2)17(22)23)21(16)15-9-4-3-5-10-15/h6-8,11,13,15H,3-5,9-10H2,1-2H3,(H,22,23)/t13-/m1/s1. The van der Waals surface area contributed by atoms with Gasteiger partial charge in [-0.3, -0.25) is 9.36 Å². The van der Waals surface area contributed by atoms with Gasteiger partial charge in [-0.1, -0.05) is 54.8 Å². The number of hydrogen-bond donors (Lipinski definition) is 1. The Morgan fingerprint density at radius 3 is 2.71 bits per heavy atom. The molecule has 1 saturated carbocycles. The second-order valence-electron chi connectivity index (χ2n) is 6.44. The zero-order valence-corrected chi connectivity index (χ0v) is 14.9. The lowest BCUT2D eigenvalue weighted by atomic mass is 9.95. The lowest BCUT2D eigenvalue weighted by Gasteiger charge is -2.26. The van der Waals surface area contributed by atoms with Gasteiger partial charge in [-0.2, -0.15) is 0 Å². The minimum atomic E-state index is -0.824. The quantitative estimate of drug-likeness (QED) is 0.817. The van der Waals surface area contributed by atoms with Crippen LogP contribution in [0.15, 0.2) is 29.4 Å². The van der Waals surface area contributed by atoms with E-state index in [2.05, 4.69) is 33.8 Å². The van der Waals surface area contributed by atoms with Crippen LogP contribution in [-0.2, 0) is 4.79 Å². The highest BCUT2D eigenvalue weighted by Crippen LogP contribution is 2.36. The number of rotatable bonds is 5. The fourth-order valence-electron chi connectivity index (χ4n) is 3.22. The minimum absolute atomic E-state index is 0.354. The molecule has 0 unspecified atom stereocenters. The number of aryl methyl sites for hydroxylation is 1. The fraction of sp³-hybridized carbons (Fsp3) is 0.500. The van der Waals surface area contributed by atoms with E-state index in [1.807, 2.05) is 12.1 Å². The zero-order chi connectivity index (χ0) is 17.1. The first kappa shape index (κ1) is 17.0. The van der Waals surface area contributed by atoms with Crippen LogP contribution in [0.25, 0.3) is 11.4 Å². The normalized spacial score (nSPS) is 16.9. The molecule has 3 rings (SSSR count). The van der Waals surface area contributed by atoms with Crippen molar-refractivity contribution in [2.24, 2.45) is 0 Å². The van der Waals surface area contributed by atoms with Crippen LogP contribution in [0.1, 0.15) is 50.6 Å². The van der Waals surface area contributed by atoms with Gasteiger partial charge in [-0.15, -0.1) is 10.2 Å². The van der Waals surface area contributed by atoms with Crippen molar-refractivity contribution in [1.82, 2.24) is 14.8 Å². The Morgan fingerprint density at radius 2 is 2.04 bits per heavy atom. The van der Waals surface area contributed by atoms with Gasteiger partial charge in [0.25, 0.3) is 0 Å². The van der Waals surface area contributed by atoms with Gasteiger partial charge in [0.05, 0.1) is 0 Å². The summed E-state index contributed by atoms with van der Waals surface area (Å²) in [6.07, 6.45) is 5.88. The van der Waals surface area contributed by atoms with Crippen molar-refractivity contribution in [3.8, 4) is 11.4 Å². The summed E-state index contributed by atoms with van der Waals surface area (Å²) in [5, 5.41) is 18.1. The van der Waals surface area contributed by atoms with E-state index in [0.717, 1.165) is 24.2 Å². The Bertz CT molecular complexity index is 723. The summed E-state index contributed by atoms with van der Waals surface area (Å²) in [5.41, 5.74) is 2.22. The summed E-state index contributed by atoms with van der Waals surface area (Å²) in [6.45, 7) is 3.76. The number of nitrogens with zero attached hydrogens (tertiary/aromatic N) is 3. The molecular formula is C18H23N3O2S. The molecule has 0 spiro atoms. The second-order valence-corrected chi connectivity index (χ2v) is 7.74. The number of hydrogen-bond acceptors (Lipinski definition) is 4. The molecule has 1 atom stereocenters. The minimum Gasteiger partial charge on any atom is -0.480 e. The first-order valence-electron chi connectivity index (χ1n) is 8.47. The van der Waals surface area contributed by atoms with Crippen LogP contribution in [0.3, 0.4) is 0 Å². The maximum absolute atomic E-state index is 11.2. The van der Waals surface area contributed by atoms with Crippen LogP contribution >= 0.6 is 11.8 Å². The van der Waals surface area contributed by atoms with Crippen LogP contribution in [-0.4, -0.2) is 31.1 Å². The molecule has 5 nitrogen and oxygen atoms in total. The summed E-state index contributed by atoms with van der Waals surface area (Å²) in [6, 6.07) is 8.60. The Kier molecular flexibility index (Phi) is 5.23. The summed E-state index contributed by atoms with van der Waals surface area (Å²) >= 11 is 1.28. The van der Waals surface area contributed by atoms with Crippen LogP contribution in [0.5, 0.6) is 0 Å². The van der Waals surface area contributed by atoms with Crippen molar-refractivity contribution in [2.45, 2.75) is 62.4 Å². The third-order valence-electron chi connectivity index (χ3n) is 4.51. The van der Waals surface area contributed by atoms with Gasteiger partial charge in [-0.25, -0.2) is 0 Å². The molecule has 0 saturated heterocycles. The van der Waals surface area contributed by atoms with Gasteiger partial charge in [0.2, 0.25) is 0 Å². The Labute approximate surface area is 146 Å². The molecule has 1 N–H and O–H groups in total. The highest BCUT2D eigenvalue weighted by molar-refractivity contribution is 8.00. The molecule has 1 aromatic heterocycles. The molecule has 24 heavy (non-hydrogen) atoms. The number of aliphatic carboxylic acids is 1. The largest absolute Gasteiger partial charge is 0.480 e. The van der Waals surface area contributed by atoms with Gasteiger partial charge in [0.15, 0.2) is 11.0 Å². The Balaban J connectivity index is 2.01. The van der Waals surface area contributed by atoms with Crippen molar-refractivity contribution in [1.29, 1.82) is 0 Å². The molecule has 0 amide bonds. The molecule has 1 aliphatic rings. The molecule has 1 fully saturated rings. The van der Waals surface area contributed by atoms with Crippen molar-refractivity contribution in [3.05, 3.63) is 29.8 Å². The highest BCUT2D eigenvalue weighted by Gasteiger charge is 2.26. The van der Waals surface area contributed by atoms with E-state index in [4.69, 9.17) is 0 Å². The predicted octanol–water partition coefficient (Wildman–Crippen LogP) is 4.32. The number of carbonyl (C=O) groups is 1. The number of aromatic nitrogens is 3. The number of benzene rings is 1. The average molecular weight is 345 g/mol. The Hall–Kier alpha value is -1.82. The first-order chi connectivity index (χ1) is 11.6. The van der Waals surface area contributed by atoms with Gasteiger partial charge in [-0.05, 0) is 32.8 Å². The van der Waals surface area contributed by atoms with E-state index in [1.54, 1.807) is 6.92 Å². The third-order valence-corrected chi connectivity index (χ3v) is 5.55. The SMILES string of the molecule is Cc1cccc(-c2nnc(S[C@H](C)C(=O)O)n2C2CCCCC2)c1. The van der Waals surface area contributed by atoms with Crippen LogP contribution in [0, 0.1) is 6.92 Å². The fourth-order valence-corrected chi connectivity index (χ4v) is 4.07. The summed E-state index contributed by atoms with van der Waals surface area (Å²) in [4.78, 5) is 11.2. The third kappa shape index (κ3) is 3.64. The molecule has 2 aromatic rings. The smallest absolute Gasteiger partial charge is 0.316 e. The number of thioether (sulfide) groups is 1. The molecule has 128 valence electrons. The van der Waals surface area contributed by atoms with E-state index < -0.39 is 11.2 Å². The summed E-state index contributed by atoms with van der Waals surface area (Å²) in [7, 11) is 0. The zero-order valence-electron chi connectivity index (χ0n) is 14.1. The number of carboxylic acids is 1. The molecular weight excluding hydrogens is 322 g/mol. The van der Waals surface area contributed by atoms with Crippen molar-refractivity contribution in [3.63, 3.8) is 0 Å². The average Bonchev–Trinajstić information content (AvgIpc) is 2.99. The monoisotopic (exact) mass is 345 g/mol. The molecule has 0 bridgehead atoms. The molecule has 1 aliphatic carbocycles. The molecule has 1 aromatic carbocycles. The maximum atomic E-state index is 11.2. The topological polar surface area (TPSA) is 68.0 Å². The van der Waals surface area contributed by atoms with Crippen molar-refractivity contribution in [2.75, 3.05) is 0 Å². The van der Waals surface area contributed by atoms with Gasteiger partial charge < -0.3 is 5.11 Å². The van der Waals surface area contributed by atoms with E-state index in [1.165, 1.54) is 36.6 Å². The van der Waals surface area contributed by atoms with E-state index in [0.29, 0.717) is 11.2 Å². The molecule has 1 heterocycles. The van der Waals surface area contributed by atoms with Crippen LogP contribution in [0.4, 0.5) is 0 Å². The van der Waals surface area contributed by atoms with Gasteiger partial charge in [0.1, 0.15) is 5.25 Å². The predicted molar refractivity (Wildman–Crippen MR) is 95.3 cm³/mol. The van der Waals surface area contributed by atoms with E-state index in [9.17, 15) is 9.90 Å². The second kappa shape index (κ2) is 7.38. The first-order valence-corrected chi connectivity index (χ1v) is 9.35. The van der Waals surface area contributed by atoms with E-state index in [-0.39, 0.29) is 0 Å². The van der Waals surface area contributed by atoms with Crippen LogP contribution < -0.4 is 0 Å². The lowest BCUT2D eigenvalue weighted by Crippen LogP contribution is -2.17. The van der Waals surface area contributed by atoms with E-state index >= 15 is 0 Å². The van der Waals surface area contributed by atoms with Gasteiger partial charge >= 0.3 is 5.97 Å². The molecule has 6 heteroatoms. The van der Waals surface area contributed by atoms with Crippen LogP contribution in [0.2, 0.25) is 0 Å². The van der Waals surface area contributed by atoms with Gasteiger partial charge in [0, 0.05) is 11.6 Å². The van der Waals surface area contributed by atoms with Crippen molar-refractivity contribution < 1.29 is 9.90 Å². The highest BCUT2D eigenvalue weighted by atomic mass is 32.2. The maximum Gasteiger partial charge on any atom is 0.316 e. The lowest BCUT2D eigenvalue weighted by molar-refractivity contribution is -0.136. The summed E-state index contributed by atoms with van der Waals surface area (Å²) in [5.74, 6) is 0.0287. The molecule has 0 radical (unpaired) electrons. The number of carboxylic acid groups (broad SMARTS) is 1.